The van der Waals surface area contributed by atoms with Crippen LogP contribution in [0, 0.1) is 11.3 Å². The van der Waals surface area contributed by atoms with Crippen molar-refractivity contribution in [3.05, 3.63) is 59.7 Å². The van der Waals surface area contributed by atoms with Crippen molar-refractivity contribution in [3.63, 3.8) is 0 Å². The number of aryl methyl sites for hydroxylation is 1. The molecule has 1 amide bonds. The van der Waals surface area contributed by atoms with Gasteiger partial charge in [-0.3, -0.25) is 10.1 Å². The lowest BCUT2D eigenvalue weighted by Gasteiger charge is -2.10. The third-order valence-corrected chi connectivity index (χ3v) is 3.43. The summed E-state index contributed by atoms with van der Waals surface area (Å²) in [7, 11) is 0. The molecule has 5 nitrogen and oxygen atoms in total. The Morgan fingerprint density at radius 2 is 1.83 bits per heavy atom. The van der Waals surface area contributed by atoms with E-state index in [4.69, 9.17) is 22.2 Å². The summed E-state index contributed by atoms with van der Waals surface area (Å²) < 4.78 is 5.41. The van der Waals surface area contributed by atoms with Gasteiger partial charge in [-0.1, -0.05) is 19.1 Å². The second-order valence-electron chi connectivity index (χ2n) is 4.98. The van der Waals surface area contributed by atoms with Crippen molar-refractivity contribution in [3.8, 4) is 11.8 Å². The van der Waals surface area contributed by atoms with Crippen LogP contribution >= 0.6 is 12.2 Å². The summed E-state index contributed by atoms with van der Waals surface area (Å²) in [6.45, 7) is 1.95. The fraction of sp³-hybridized carbons (Fsp3) is 0.167. The third-order valence-electron chi connectivity index (χ3n) is 3.23. The average molecular weight is 339 g/mol. The standard InChI is InChI=1S/C18H17N3O2S/c1-2-13-5-9-16(10-6-13)23-12-17(22)21-18(24)20-15-7-3-14(11-19)4-8-15/h3-10H,2,12H2,1H3,(H2,20,21,22,24). The molecule has 2 N–H and O–H groups in total. The van der Waals surface area contributed by atoms with E-state index in [0.29, 0.717) is 17.0 Å². The predicted molar refractivity (Wildman–Crippen MR) is 96.8 cm³/mol. The summed E-state index contributed by atoms with van der Waals surface area (Å²) in [6.07, 6.45) is 0.954. The third kappa shape index (κ3) is 5.38. The maximum atomic E-state index is 11.8. The molecule has 0 saturated carbocycles. The maximum Gasteiger partial charge on any atom is 0.264 e. The number of benzene rings is 2. The van der Waals surface area contributed by atoms with Crippen LogP contribution in [0.5, 0.6) is 5.75 Å². The van der Waals surface area contributed by atoms with Crippen molar-refractivity contribution < 1.29 is 9.53 Å². The number of anilines is 1. The van der Waals surface area contributed by atoms with E-state index in [0.717, 1.165) is 6.42 Å². The molecule has 0 unspecified atom stereocenters. The molecule has 2 rings (SSSR count). The Bertz CT molecular complexity index is 749. The number of carbonyl (C=O) groups is 1. The van der Waals surface area contributed by atoms with E-state index in [1.165, 1.54) is 5.56 Å². The van der Waals surface area contributed by atoms with Crippen LogP contribution in [0.1, 0.15) is 18.1 Å². The molecule has 2 aromatic rings. The molecule has 0 aromatic heterocycles. The van der Waals surface area contributed by atoms with Gasteiger partial charge in [0.1, 0.15) is 5.75 Å². The highest BCUT2D eigenvalue weighted by molar-refractivity contribution is 7.80. The Balaban J connectivity index is 1.78. The summed E-state index contributed by atoms with van der Waals surface area (Å²) in [5.74, 6) is 0.286. The average Bonchev–Trinajstić information content (AvgIpc) is 2.61. The zero-order valence-corrected chi connectivity index (χ0v) is 14.0. The van der Waals surface area contributed by atoms with Gasteiger partial charge in [-0.25, -0.2) is 0 Å². The predicted octanol–water partition coefficient (Wildman–Crippen LogP) is 3.01. The Morgan fingerprint density at radius 3 is 2.42 bits per heavy atom. The summed E-state index contributed by atoms with van der Waals surface area (Å²) >= 11 is 5.07. The molecule has 24 heavy (non-hydrogen) atoms. The van der Waals surface area contributed by atoms with Gasteiger partial charge in [-0.15, -0.1) is 0 Å². The second-order valence-corrected chi connectivity index (χ2v) is 5.39. The van der Waals surface area contributed by atoms with Crippen LogP contribution in [-0.2, 0) is 11.2 Å². The van der Waals surface area contributed by atoms with Gasteiger partial charge in [0.25, 0.3) is 5.91 Å². The molecular weight excluding hydrogens is 322 g/mol. The van der Waals surface area contributed by atoms with E-state index in [2.05, 4.69) is 17.6 Å². The molecule has 0 saturated heterocycles. The number of amides is 1. The number of nitrogens with one attached hydrogen (secondary N) is 2. The molecule has 0 radical (unpaired) electrons. The Morgan fingerprint density at radius 1 is 1.17 bits per heavy atom. The van der Waals surface area contributed by atoms with Gasteiger partial charge in [-0.2, -0.15) is 5.26 Å². The van der Waals surface area contributed by atoms with E-state index in [1.54, 1.807) is 24.3 Å². The number of carbonyl (C=O) groups excluding carboxylic acids is 1. The fourth-order valence-corrected chi connectivity index (χ4v) is 2.16. The van der Waals surface area contributed by atoms with Crippen LogP contribution in [0.3, 0.4) is 0 Å². The van der Waals surface area contributed by atoms with Crippen molar-refractivity contribution in [1.29, 1.82) is 5.26 Å². The van der Waals surface area contributed by atoms with Gasteiger partial charge in [0, 0.05) is 5.69 Å². The van der Waals surface area contributed by atoms with Crippen LogP contribution in [0.4, 0.5) is 5.69 Å². The van der Waals surface area contributed by atoms with Gasteiger partial charge in [-0.05, 0) is 60.6 Å². The van der Waals surface area contributed by atoms with Crippen molar-refractivity contribution in [2.45, 2.75) is 13.3 Å². The first-order valence-corrected chi connectivity index (χ1v) is 7.84. The van der Waals surface area contributed by atoms with E-state index in [1.807, 2.05) is 30.3 Å². The normalized spacial score (nSPS) is 9.67. The van der Waals surface area contributed by atoms with Gasteiger partial charge in [0.15, 0.2) is 11.7 Å². The SMILES string of the molecule is CCc1ccc(OCC(=O)NC(=S)Nc2ccc(C#N)cc2)cc1. The quantitative estimate of drug-likeness (QED) is 0.819. The Labute approximate surface area is 146 Å². The van der Waals surface area contributed by atoms with E-state index in [9.17, 15) is 4.79 Å². The highest BCUT2D eigenvalue weighted by atomic mass is 32.1. The minimum absolute atomic E-state index is 0.124. The molecule has 0 aliphatic rings. The molecule has 0 bridgehead atoms. The molecule has 0 aliphatic heterocycles. The Hall–Kier alpha value is -2.91. The first kappa shape index (κ1) is 17.4. The van der Waals surface area contributed by atoms with Gasteiger partial charge >= 0.3 is 0 Å². The first-order valence-electron chi connectivity index (χ1n) is 7.43. The number of rotatable bonds is 5. The Kier molecular flexibility index (Phi) is 6.29. The maximum absolute atomic E-state index is 11.8. The van der Waals surface area contributed by atoms with E-state index in [-0.39, 0.29) is 17.6 Å². The lowest BCUT2D eigenvalue weighted by Crippen LogP contribution is -2.37. The zero-order chi connectivity index (χ0) is 17.4. The number of thiocarbonyl (C=S) groups is 1. The van der Waals surface area contributed by atoms with E-state index < -0.39 is 0 Å². The largest absolute Gasteiger partial charge is 0.484 e. The lowest BCUT2D eigenvalue weighted by molar-refractivity contribution is -0.121. The topological polar surface area (TPSA) is 74.2 Å². The number of nitrogens with zero attached hydrogens (tertiary/aromatic N) is 1. The summed E-state index contributed by atoms with van der Waals surface area (Å²) in [5.41, 5.74) is 2.45. The van der Waals surface area contributed by atoms with Crippen LogP contribution in [0.25, 0.3) is 0 Å². The summed E-state index contributed by atoms with van der Waals surface area (Å²) in [5, 5.41) is 14.3. The van der Waals surface area contributed by atoms with Gasteiger partial charge < -0.3 is 10.1 Å². The van der Waals surface area contributed by atoms with Crippen LogP contribution < -0.4 is 15.4 Å². The first-order chi connectivity index (χ1) is 11.6. The molecule has 6 heteroatoms. The highest BCUT2D eigenvalue weighted by Crippen LogP contribution is 2.12. The summed E-state index contributed by atoms with van der Waals surface area (Å²) in [6, 6.07) is 16.4. The molecule has 0 spiro atoms. The van der Waals surface area contributed by atoms with Crippen molar-refractivity contribution in [2.24, 2.45) is 0 Å². The molecule has 2 aromatic carbocycles. The van der Waals surface area contributed by atoms with Crippen molar-refractivity contribution in [2.75, 3.05) is 11.9 Å². The monoisotopic (exact) mass is 339 g/mol. The lowest BCUT2D eigenvalue weighted by atomic mass is 10.2. The smallest absolute Gasteiger partial charge is 0.264 e. The molecule has 0 atom stereocenters. The van der Waals surface area contributed by atoms with Crippen molar-refractivity contribution >= 4 is 28.9 Å². The number of nitriles is 1. The second kappa shape index (κ2) is 8.65. The molecule has 0 fully saturated rings. The summed E-state index contributed by atoms with van der Waals surface area (Å²) in [4.78, 5) is 11.8. The number of hydrogen-bond donors (Lipinski definition) is 2. The number of hydrogen-bond acceptors (Lipinski definition) is 4. The van der Waals surface area contributed by atoms with Crippen LogP contribution in [0.2, 0.25) is 0 Å². The van der Waals surface area contributed by atoms with Crippen LogP contribution in [0.15, 0.2) is 48.5 Å². The van der Waals surface area contributed by atoms with Crippen LogP contribution in [-0.4, -0.2) is 17.6 Å². The fourth-order valence-electron chi connectivity index (χ4n) is 1.92. The van der Waals surface area contributed by atoms with Gasteiger partial charge in [0.05, 0.1) is 11.6 Å². The van der Waals surface area contributed by atoms with E-state index >= 15 is 0 Å². The zero-order valence-electron chi connectivity index (χ0n) is 13.2. The minimum Gasteiger partial charge on any atom is -0.484 e. The molecule has 0 aliphatic carbocycles. The minimum atomic E-state index is -0.347. The van der Waals surface area contributed by atoms with Crippen molar-refractivity contribution in [1.82, 2.24) is 5.32 Å². The molecule has 122 valence electrons. The number of ether oxygens (including phenoxy) is 1. The highest BCUT2D eigenvalue weighted by Gasteiger charge is 2.06. The van der Waals surface area contributed by atoms with Gasteiger partial charge in [0.2, 0.25) is 0 Å². The molecule has 0 heterocycles. The molecular formula is C18H17N3O2S.